The molecule has 2 aliphatic carbocycles. The molecule has 0 N–H and O–H groups in total. The lowest BCUT2D eigenvalue weighted by molar-refractivity contribution is 1.21. The second-order valence-electron chi connectivity index (χ2n) is 6.34. The van der Waals surface area contributed by atoms with E-state index in [0.717, 1.165) is 12.8 Å². The van der Waals surface area contributed by atoms with Crippen LogP contribution in [-0.4, -0.2) is 0 Å². The van der Waals surface area contributed by atoms with Gasteiger partial charge < -0.3 is 0 Å². The lowest BCUT2D eigenvalue weighted by Crippen LogP contribution is -1.86. The first-order valence-corrected chi connectivity index (χ1v) is 7.63. The molecule has 0 heteroatoms. The predicted molar refractivity (Wildman–Crippen MR) is 87.7 cm³/mol. The van der Waals surface area contributed by atoms with Crippen LogP contribution >= 0.6 is 0 Å². The van der Waals surface area contributed by atoms with Gasteiger partial charge in [-0.05, 0) is 70.3 Å². The minimum Gasteiger partial charge on any atom is -0.0619 e. The van der Waals surface area contributed by atoms with Crippen molar-refractivity contribution in [1.82, 2.24) is 0 Å². The summed E-state index contributed by atoms with van der Waals surface area (Å²) in [6, 6.07) is 20.6. The standard InChI is InChI=1S/C21H16/c1-13-6-7-19-15(8-13)10-17-11-16-9-14-4-2-3-5-18(14)20(16)12-21(17)19/h2-8,11-12H,9-10H2,1H3. The van der Waals surface area contributed by atoms with Gasteiger partial charge in [0.15, 0.2) is 0 Å². The Morgan fingerprint density at radius 2 is 1.24 bits per heavy atom. The molecule has 0 fully saturated rings. The van der Waals surface area contributed by atoms with Gasteiger partial charge in [0.25, 0.3) is 0 Å². The van der Waals surface area contributed by atoms with Gasteiger partial charge in [-0.1, -0.05) is 54.1 Å². The van der Waals surface area contributed by atoms with Crippen molar-refractivity contribution in [3.05, 3.63) is 82.4 Å². The van der Waals surface area contributed by atoms with Crippen molar-refractivity contribution in [2.75, 3.05) is 0 Å². The molecule has 0 aliphatic heterocycles. The van der Waals surface area contributed by atoms with Crippen LogP contribution in [0.5, 0.6) is 0 Å². The van der Waals surface area contributed by atoms with Crippen LogP contribution in [0.3, 0.4) is 0 Å². The van der Waals surface area contributed by atoms with E-state index in [1.165, 1.54) is 50.1 Å². The summed E-state index contributed by atoms with van der Waals surface area (Å²) in [6.07, 6.45) is 2.18. The summed E-state index contributed by atoms with van der Waals surface area (Å²) in [6.45, 7) is 2.18. The first-order chi connectivity index (χ1) is 10.3. The van der Waals surface area contributed by atoms with E-state index in [-0.39, 0.29) is 0 Å². The zero-order chi connectivity index (χ0) is 14.0. The molecule has 0 aromatic heterocycles. The number of aryl methyl sites for hydroxylation is 1. The molecule has 0 amide bonds. The summed E-state index contributed by atoms with van der Waals surface area (Å²) in [5.74, 6) is 0. The van der Waals surface area contributed by atoms with Crippen LogP contribution in [0.2, 0.25) is 0 Å². The van der Waals surface area contributed by atoms with Crippen LogP contribution in [-0.2, 0) is 12.8 Å². The van der Waals surface area contributed by atoms with Crippen molar-refractivity contribution in [2.45, 2.75) is 19.8 Å². The highest BCUT2D eigenvalue weighted by atomic mass is 14.3. The Morgan fingerprint density at radius 1 is 0.571 bits per heavy atom. The molecule has 0 heterocycles. The Labute approximate surface area is 125 Å². The smallest absolute Gasteiger partial charge is 0.00132 e. The molecule has 0 bridgehead atoms. The first kappa shape index (κ1) is 11.3. The van der Waals surface area contributed by atoms with E-state index >= 15 is 0 Å². The van der Waals surface area contributed by atoms with Gasteiger partial charge >= 0.3 is 0 Å². The topological polar surface area (TPSA) is 0 Å². The maximum atomic E-state index is 2.44. The minimum atomic E-state index is 1.09. The molecule has 5 rings (SSSR count). The molecule has 0 radical (unpaired) electrons. The summed E-state index contributed by atoms with van der Waals surface area (Å²) < 4.78 is 0. The zero-order valence-electron chi connectivity index (χ0n) is 12.1. The van der Waals surface area contributed by atoms with Gasteiger partial charge in [0, 0.05) is 0 Å². The Kier molecular flexibility index (Phi) is 2.08. The van der Waals surface area contributed by atoms with E-state index in [9.17, 15) is 0 Å². The molecule has 3 aromatic carbocycles. The van der Waals surface area contributed by atoms with Gasteiger partial charge in [-0.2, -0.15) is 0 Å². The van der Waals surface area contributed by atoms with Gasteiger partial charge in [-0.25, -0.2) is 0 Å². The van der Waals surface area contributed by atoms with E-state index in [1.807, 2.05) is 0 Å². The predicted octanol–water partition coefficient (Wildman–Crippen LogP) is 5.14. The van der Waals surface area contributed by atoms with E-state index < -0.39 is 0 Å². The van der Waals surface area contributed by atoms with Crippen molar-refractivity contribution < 1.29 is 0 Å². The fourth-order valence-electron chi connectivity index (χ4n) is 3.97. The molecule has 0 spiro atoms. The van der Waals surface area contributed by atoms with Gasteiger partial charge in [0.05, 0.1) is 0 Å². The Balaban J connectivity index is 1.76. The summed E-state index contributed by atoms with van der Waals surface area (Å²) in [4.78, 5) is 0. The minimum absolute atomic E-state index is 1.09. The average molecular weight is 268 g/mol. The largest absolute Gasteiger partial charge is 0.0619 e. The van der Waals surface area contributed by atoms with Gasteiger partial charge in [0.1, 0.15) is 0 Å². The van der Waals surface area contributed by atoms with Gasteiger partial charge in [-0.15, -0.1) is 0 Å². The molecular weight excluding hydrogens is 252 g/mol. The molecule has 0 nitrogen and oxygen atoms in total. The summed E-state index contributed by atoms with van der Waals surface area (Å²) in [5, 5.41) is 0. The number of benzene rings is 3. The zero-order valence-corrected chi connectivity index (χ0v) is 12.1. The van der Waals surface area contributed by atoms with E-state index in [1.54, 1.807) is 0 Å². The normalized spacial score (nSPS) is 13.6. The highest BCUT2D eigenvalue weighted by Crippen LogP contribution is 2.44. The number of fused-ring (bicyclic) bond motifs is 6. The van der Waals surface area contributed by atoms with E-state index in [0.29, 0.717) is 0 Å². The van der Waals surface area contributed by atoms with E-state index in [2.05, 4.69) is 61.5 Å². The molecular formula is C21H16. The van der Waals surface area contributed by atoms with Crippen molar-refractivity contribution in [1.29, 1.82) is 0 Å². The second-order valence-corrected chi connectivity index (χ2v) is 6.34. The van der Waals surface area contributed by atoms with Crippen LogP contribution in [0.1, 0.15) is 27.8 Å². The molecule has 100 valence electrons. The van der Waals surface area contributed by atoms with Crippen LogP contribution in [0, 0.1) is 6.92 Å². The highest BCUT2D eigenvalue weighted by Gasteiger charge is 2.24. The fraction of sp³-hybridized carbons (Fsp3) is 0.143. The highest BCUT2D eigenvalue weighted by molar-refractivity contribution is 5.86. The third kappa shape index (κ3) is 1.50. The third-order valence-corrected chi connectivity index (χ3v) is 4.95. The maximum Gasteiger partial charge on any atom is -0.00132 e. The summed E-state index contributed by atoms with van der Waals surface area (Å²) >= 11 is 0. The molecule has 0 saturated carbocycles. The lowest BCUT2D eigenvalue weighted by atomic mass is 9.98. The van der Waals surface area contributed by atoms with Crippen LogP contribution in [0.25, 0.3) is 22.3 Å². The van der Waals surface area contributed by atoms with Crippen molar-refractivity contribution in [3.63, 3.8) is 0 Å². The first-order valence-electron chi connectivity index (χ1n) is 7.63. The van der Waals surface area contributed by atoms with Gasteiger partial charge in [-0.3, -0.25) is 0 Å². The number of rotatable bonds is 0. The molecule has 21 heavy (non-hydrogen) atoms. The molecule has 0 unspecified atom stereocenters. The monoisotopic (exact) mass is 268 g/mol. The van der Waals surface area contributed by atoms with Crippen molar-refractivity contribution in [3.8, 4) is 22.3 Å². The molecule has 0 saturated heterocycles. The van der Waals surface area contributed by atoms with Gasteiger partial charge in [0.2, 0.25) is 0 Å². The molecule has 3 aromatic rings. The number of hydrogen-bond acceptors (Lipinski definition) is 0. The molecule has 2 aliphatic rings. The SMILES string of the molecule is Cc1ccc2c(c1)Cc1cc3c(cc1-2)-c1ccccc1C3. The lowest BCUT2D eigenvalue weighted by Gasteiger charge is -2.06. The third-order valence-electron chi connectivity index (χ3n) is 4.95. The summed E-state index contributed by atoms with van der Waals surface area (Å²) in [7, 11) is 0. The molecule has 0 atom stereocenters. The quantitative estimate of drug-likeness (QED) is 0.365. The Bertz CT molecular complexity index is 900. The number of hydrogen-bond donors (Lipinski definition) is 0. The Morgan fingerprint density at radius 3 is 2.10 bits per heavy atom. The van der Waals surface area contributed by atoms with Crippen LogP contribution in [0.4, 0.5) is 0 Å². The second kappa shape index (κ2) is 3.85. The van der Waals surface area contributed by atoms with Crippen molar-refractivity contribution >= 4 is 0 Å². The van der Waals surface area contributed by atoms with E-state index in [4.69, 9.17) is 0 Å². The van der Waals surface area contributed by atoms with Crippen molar-refractivity contribution in [2.24, 2.45) is 0 Å². The van der Waals surface area contributed by atoms with Crippen LogP contribution in [0.15, 0.2) is 54.6 Å². The van der Waals surface area contributed by atoms with Crippen LogP contribution < -0.4 is 0 Å². The summed E-state index contributed by atoms with van der Waals surface area (Å²) in [5.41, 5.74) is 13.1. The fourth-order valence-corrected chi connectivity index (χ4v) is 3.97. The maximum absolute atomic E-state index is 2.44. The Hall–Kier alpha value is -2.34. The average Bonchev–Trinajstić information content (AvgIpc) is 3.01.